The molecule has 0 atom stereocenters. The van der Waals surface area contributed by atoms with Crippen molar-refractivity contribution in [2.45, 2.75) is 30.4 Å². The first-order valence-electron chi connectivity index (χ1n) is 5.75. The predicted octanol–water partition coefficient (Wildman–Crippen LogP) is 3.03. The van der Waals surface area contributed by atoms with Gasteiger partial charge in [-0.1, -0.05) is 24.6 Å². The number of aromatic amines is 1. The Bertz CT molecular complexity index is 527. The molecule has 4 nitrogen and oxygen atoms in total. The molecule has 0 saturated heterocycles. The minimum Gasteiger partial charge on any atom is -0.313 e. The maximum Gasteiger partial charge on any atom is 0.213 e. The number of nitrogens with one attached hydrogen (secondary N) is 2. The zero-order valence-electron chi connectivity index (χ0n) is 10.3. The SMILES string of the molecule is CCNCc1ccc(Sc2n[nH]c(C)n2)c(Cl)c1. The lowest BCUT2D eigenvalue weighted by Gasteiger charge is -2.05. The molecule has 1 aromatic carbocycles. The van der Waals surface area contributed by atoms with E-state index in [4.69, 9.17) is 11.6 Å². The highest BCUT2D eigenvalue weighted by Gasteiger charge is 2.07. The molecule has 2 rings (SSSR count). The first-order chi connectivity index (χ1) is 8.69. The molecule has 0 radical (unpaired) electrons. The smallest absolute Gasteiger partial charge is 0.213 e. The molecule has 1 heterocycles. The molecule has 0 aliphatic heterocycles. The molecule has 0 unspecified atom stereocenters. The van der Waals surface area contributed by atoms with Gasteiger partial charge >= 0.3 is 0 Å². The van der Waals surface area contributed by atoms with E-state index < -0.39 is 0 Å². The van der Waals surface area contributed by atoms with Crippen LogP contribution >= 0.6 is 23.4 Å². The highest BCUT2D eigenvalue weighted by molar-refractivity contribution is 7.99. The first kappa shape index (κ1) is 13.4. The summed E-state index contributed by atoms with van der Waals surface area (Å²) >= 11 is 7.71. The fourth-order valence-electron chi connectivity index (χ4n) is 1.47. The topological polar surface area (TPSA) is 53.6 Å². The lowest BCUT2D eigenvalue weighted by atomic mass is 10.2. The molecule has 96 valence electrons. The van der Waals surface area contributed by atoms with Gasteiger partial charge in [0.15, 0.2) is 0 Å². The molecule has 18 heavy (non-hydrogen) atoms. The molecule has 2 N–H and O–H groups in total. The molecule has 0 saturated carbocycles. The summed E-state index contributed by atoms with van der Waals surface area (Å²) in [5.41, 5.74) is 1.18. The lowest BCUT2D eigenvalue weighted by molar-refractivity contribution is 0.726. The number of hydrogen-bond donors (Lipinski definition) is 2. The molecular weight excluding hydrogens is 268 g/mol. The van der Waals surface area contributed by atoms with Crippen LogP contribution in [0, 0.1) is 6.92 Å². The lowest BCUT2D eigenvalue weighted by Crippen LogP contribution is -2.11. The van der Waals surface area contributed by atoms with Crippen molar-refractivity contribution >= 4 is 23.4 Å². The Labute approximate surface area is 116 Å². The quantitative estimate of drug-likeness (QED) is 0.885. The predicted molar refractivity (Wildman–Crippen MR) is 74.1 cm³/mol. The number of nitrogens with zero attached hydrogens (tertiary/aromatic N) is 2. The third-order valence-electron chi connectivity index (χ3n) is 2.35. The van der Waals surface area contributed by atoms with E-state index in [0.29, 0.717) is 5.16 Å². The maximum absolute atomic E-state index is 6.25. The van der Waals surface area contributed by atoms with Gasteiger partial charge in [-0.05, 0) is 42.9 Å². The van der Waals surface area contributed by atoms with Crippen LogP contribution in [-0.4, -0.2) is 21.7 Å². The molecule has 0 spiro atoms. The van der Waals surface area contributed by atoms with E-state index in [1.807, 2.05) is 19.1 Å². The Morgan fingerprint density at radius 2 is 2.28 bits per heavy atom. The number of aryl methyl sites for hydroxylation is 1. The van der Waals surface area contributed by atoms with Crippen molar-refractivity contribution in [3.05, 3.63) is 34.6 Å². The summed E-state index contributed by atoms with van der Waals surface area (Å²) in [5.74, 6) is 0.803. The van der Waals surface area contributed by atoms with Gasteiger partial charge in [0.1, 0.15) is 5.82 Å². The molecule has 0 fully saturated rings. The standard InChI is InChI=1S/C12H15ClN4S/c1-3-14-7-9-4-5-11(10(13)6-9)18-12-15-8(2)16-17-12/h4-6,14H,3,7H2,1-2H3,(H,15,16,17). The molecule has 0 amide bonds. The van der Waals surface area contributed by atoms with Crippen LogP contribution in [0.3, 0.4) is 0 Å². The summed E-state index contributed by atoms with van der Waals surface area (Å²) in [6, 6.07) is 6.05. The van der Waals surface area contributed by atoms with Crippen molar-refractivity contribution in [1.82, 2.24) is 20.5 Å². The fraction of sp³-hybridized carbons (Fsp3) is 0.333. The van der Waals surface area contributed by atoms with Crippen LogP contribution in [0.1, 0.15) is 18.3 Å². The van der Waals surface area contributed by atoms with Crippen molar-refractivity contribution in [2.75, 3.05) is 6.54 Å². The first-order valence-corrected chi connectivity index (χ1v) is 6.94. The third kappa shape index (κ3) is 3.48. The Hall–Kier alpha value is -1.04. The Morgan fingerprint density at radius 1 is 1.44 bits per heavy atom. The van der Waals surface area contributed by atoms with Crippen LogP contribution in [0.4, 0.5) is 0 Å². The summed E-state index contributed by atoms with van der Waals surface area (Å²) in [4.78, 5) is 5.21. The average molecular weight is 283 g/mol. The second kappa shape index (κ2) is 6.22. The molecule has 0 bridgehead atoms. The summed E-state index contributed by atoms with van der Waals surface area (Å²) in [5, 5.41) is 11.6. The van der Waals surface area contributed by atoms with Crippen molar-refractivity contribution < 1.29 is 0 Å². The summed E-state index contributed by atoms with van der Waals surface area (Å²) in [6.07, 6.45) is 0. The van der Waals surface area contributed by atoms with Gasteiger partial charge in [0.05, 0.1) is 5.02 Å². The number of rotatable bonds is 5. The van der Waals surface area contributed by atoms with Gasteiger partial charge in [-0.25, -0.2) is 4.98 Å². The minimum absolute atomic E-state index is 0.689. The Kier molecular flexibility index (Phi) is 4.63. The second-order valence-electron chi connectivity index (χ2n) is 3.85. The number of halogens is 1. The van der Waals surface area contributed by atoms with Crippen molar-refractivity contribution in [3.63, 3.8) is 0 Å². The molecule has 2 aromatic rings. The van der Waals surface area contributed by atoms with E-state index in [0.717, 1.165) is 28.8 Å². The minimum atomic E-state index is 0.689. The van der Waals surface area contributed by atoms with Crippen LogP contribution in [0.5, 0.6) is 0 Å². The second-order valence-corrected chi connectivity index (χ2v) is 5.27. The van der Waals surface area contributed by atoms with Gasteiger partial charge in [-0.3, -0.25) is 5.10 Å². The van der Waals surface area contributed by atoms with Crippen LogP contribution in [-0.2, 0) is 6.54 Å². The number of hydrogen-bond acceptors (Lipinski definition) is 4. The fourth-order valence-corrected chi connectivity index (χ4v) is 2.55. The van der Waals surface area contributed by atoms with Gasteiger partial charge in [-0.15, -0.1) is 5.10 Å². The van der Waals surface area contributed by atoms with Crippen LogP contribution < -0.4 is 5.32 Å². The Balaban J connectivity index is 2.09. The Morgan fingerprint density at radius 3 is 2.89 bits per heavy atom. The van der Waals surface area contributed by atoms with Crippen molar-refractivity contribution in [1.29, 1.82) is 0 Å². The monoisotopic (exact) mass is 282 g/mol. The van der Waals surface area contributed by atoms with Crippen molar-refractivity contribution in [3.8, 4) is 0 Å². The number of H-pyrrole nitrogens is 1. The molecule has 0 aliphatic carbocycles. The van der Waals surface area contributed by atoms with Crippen molar-refractivity contribution in [2.24, 2.45) is 0 Å². The van der Waals surface area contributed by atoms with E-state index in [1.54, 1.807) is 0 Å². The summed E-state index contributed by atoms with van der Waals surface area (Å²) in [6.45, 7) is 5.74. The molecule has 6 heteroatoms. The number of benzene rings is 1. The van der Waals surface area contributed by atoms with E-state index in [-0.39, 0.29) is 0 Å². The highest BCUT2D eigenvalue weighted by Crippen LogP contribution is 2.31. The maximum atomic E-state index is 6.25. The largest absolute Gasteiger partial charge is 0.313 e. The molecule has 0 aliphatic rings. The van der Waals surface area contributed by atoms with E-state index in [9.17, 15) is 0 Å². The summed E-state index contributed by atoms with van der Waals surface area (Å²) < 4.78 is 0. The van der Waals surface area contributed by atoms with Gasteiger partial charge in [0, 0.05) is 11.4 Å². The zero-order chi connectivity index (χ0) is 13.0. The van der Waals surface area contributed by atoms with E-state index >= 15 is 0 Å². The van der Waals surface area contributed by atoms with Gasteiger partial charge in [0.2, 0.25) is 5.16 Å². The van der Waals surface area contributed by atoms with Gasteiger partial charge < -0.3 is 5.32 Å². The summed E-state index contributed by atoms with van der Waals surface area (Å²) in [7, 11) is 0. The molecular formula is C12H15ClN4S. The zero-order valence-corrected chi connectivity index (χ0v) is 11.9. The van der Waals surface area contributed by atoms with E-state index in [1.165, 1.54) is 17.3 Å². The van der Waals surface area contributed by atoms with Gasteiger partial charge in [0.25, 0.3) is 0 Å². The molecule has 1 aromatic heterocycles. The van der Waals surface area contributed by atoms with E-state index in [2.05, 4.69) is 33.5 Å². The van der Waals surface area contributed by atoms with Crippen LogP contribution in [0.15, 0.2) is 28.3 Å². The van der Waals surface area contributed by atoms with Crippen LogP contribution in [0.25, 0.3) is 0 Å². The number of aromatic nitrogens is 3. The average Bonchev–Trinajstić information content (AvgIpc) is 2.75. The van der Waals surface area contributed by atoms with Crippen LogP contribution in [0.2, 0.25) is 5.02 Å². The third-order valence-corrected chi connectivity index (χ3v) is 3.72. The normalized spacial score (nSPS) is 10.8. The highest BCUT2D eigenvalue weighted by atomic mass is 35.5. The van der Waals surface area contributed by atoms with Gasteiger partial charge in [-0.2, -0.15) is 0 Å².